The van der Waals surface area contributed by atoms with Gasteiger partial charge in [-0.05, 0) is 19.4 Å². The van der Waals surface area contributed by atoms with Crippen LogP contribution in [0.4, 0.5) is 8.78 Å². The molecule has 1 rings (SSSR count). The molecule has 1 unspecified atom stereocenters. The van der Waals surface area contributed by atoms with Gasteiger partial charge in [-0.3, -0.25) is 0 Å². The molecule has 0 aromatic carbocycles. The van der Waals surface area contributed by atoms with Gasteiger partial charge in [0.15, 0.2) is 0 Å². The molecule has 3 heteroatoms. The first kappa shape index (κ1) is 7.92. The molecule has 1 atom stereocenters. The zero-order valence-electron chi connectivity index (χ0n) is 5.87. The molecule has 1 aliphatic rings. The zero-order chi connectivity index (χ0) is 7.61. The number of nitrogens with one attached hydrogen (secondary N) is 1. The van der Waals surface area contributed by atoms with Crippen molar-refractivity contribution in [3.63, 3.8) is 0 Å². The molecule has 0 bridgehead atoms. The van der Waals surface area contributed by atoms with Gasteiger partial charge < -0.3 is 5.32 Å². The Morgan fingerprint density at radius 3 is 2.70 bits per heavy atom. The minimum atomic E-state index is -2.53. The first-order valence-electron chi connectivity index (χ1n) is 3.54. The summed E-state index contributed by atoms with van der Waals surface area (Å²) in [5.41, 5.74) is 0. The lowest BCUT2D eigenvalue weighted by Crippen LogP contribution is -2.45. The fourth-order valence-corrected chi connectivity index (χ4v) is 1.24. The maximum atomic E-state index is 12.8. The van der Waals surface area contributed by atoms with Crippen molar-refractivity contribution >= 4 is 0 Å². The third-order valence-corrected chi connectivity index (χ3v) is 1.98. The number of piperidine rings is 1. The SMILES string of the molecule is [CH2]CC1CCNCC1(F)F. The average molecular weight is 148 g/mol. The average Bonchev–Trinajstić information content (AvgIpc) is 1.87. The molecule has 0 spiro atoms. The molecule has 0 aromatic heterocycles. The van der Waals surface area contributed by atoms with Gasteiger partial charge in [0.1, 0.15) is 0 Å². The highest BCUT2D eigenvalue weighted by atomic mass is 19.3. The van der Waals surface area contributed by atoms with Gasteiger partial charge in [-0.25, -0.2) is 8.78 Å². The van der Waals surface area contributed by atoms with Gasteiger partial charge in [-0.1, -0.05) is 6.92 Å². The van der Waals surface area contributed by atoms with Crippen LogP contribution in [0.5, 0.6) is 0 Å². The highest BCUT2D eigenvalue weighted by molar-refractivity contribution is 4.84. The number of hydrogen-bond donors (Lipinski definition) is 1. The first-order valence-corrected chi connectivity index (χ1v) is 3.54. The monoisotopic (exact) mass is 148 g/mol. The number of hydrogen-bond acceptors (Lipinski definition) is 1. The van der Waals surface area contributed by atoms with E-state index in [2.05, 4.69) is 12.2 Å². The topological polar surface area (TPSA) is 12.0 Å². The van der Waals surface area contributed by atoms with Crippen LogP contribution in [0.25, 0.3) is 0 Å². The van der Waals surface area contributed by atoms with E-state index in [1.54, 1.807) is 0 Å². The second-order valence-corrected chi connectivity index (χ2v) is 2.71. The summed E-state index contributed by atoms with van der Waals surface area (Å²) >= 11 is 0. The quantitative estimate of drug-likeness (QED) is 0.593. The summed E-state index contributed by atoms with van der Waals surface area (Å²) in [4.78, 5) is 0. The molecule has 10 heavy (non-hydrogen) atoms. The Kier molecular flexibility index (Phi) is 2.24. The van der Waals surface area contributed by atoms with Crippen molar-refractivity contribution in [2.45, 2.75) is 18.8 Å². The van der Waals surface area contributed by atoms with Gasteiger partial charge >= 0.3 is 0 Å². The summed E-state index contributed by atoms with van der Waals surface area (Å²) in [6.07, 6.45) is 0.894. The van der Waals surface area contributed by atoms with E-state index in [1.807, 2.05) is 0 Å². The molecule has 1 nitrogen and oxygen atoms in total. The van der Waals surface area contributed by atoms with Gasteiger partial charge in [0.2, 0.25) is 0 Å². The second kappa shape index (κ2) is 2.82. The minimum absolute atomic E-state index is 0.173. The van der Waals surface area contributed by atoms with Crippen LogP contribution in [-0.4, -0.2) is 19.0 Å². The van der Waals surface area contributed by atoms with Gasteiger partial charge in [0.25, 0.3) is 5.92 Å². The second-order valence-electron chi connectivity index (χ2n) is 2.71. The van der Waals surface area contributed by atoms with Crippen molar-refractivity contribution in [2.75, 3.05) is 13.1 Å². The smallest absolute Gasteiger partial charge is 0.263 e. The largest absolute Gasteiger partial charge is 0.311 e. The van der Waals surface area contributed by atoms with Gasteiger partial charge in [-0.2, -0.15) is 0 Å². The van der Waals surface area contributed by atoms with E-state index >= 15 is 0 Å². The van der Waals surface area contributed by atoms with E-state index in [-0.39, 0.29) is 6.54 Å². The number of rotatable bonds is 1. The summed E-state index contributed by atoms with van der Waals surface area (Å²) in [5.74, 6) is -3.03. The lowest BCUT2D eigenvalue weighted by Gasteiger charge is -2.30. The molecule has 1 heterocycles. The Bertz CT molecular complexity index is 114. The number of halogens is 2. The van der Waals surface area contributed by atoms with E-state index in [0.29, 0.717) is 19.4 Å². The summed E-state index contributed by atoms with van der Waals surface area (Å²) in [7, 11) is 0. The molecule has 0 aliphatic carbocycles. The van der Waals surface area contributed by atoms with Crippen LogP contribution in [-0.2, 0) is 0 Å². The molecule has 1 N–H and O–H groups in total. The molecule has 1 saturated heterocycles. The van der Waals surface area contributed by atoms with Gasteiger partial charge in [0, 0.05) is 5.92 Å². The predicted octanol–water partition coefficient (Wildman–Crippen LogP) is 1.46. The van der Waals surface area contributed by atoms with Gasteiger partial charge in [0.05, 0.1) is 6.54 Å². The van der Waals surface area contributed by atoms with Crippen LogP contribution in [0.2, 0.25) is 0 Å². The van der Waals surface area contributed by atoms with Crippen LogP contribution in [0, 0.1) is 12.8 Å². The zero-order valence-corrected chi connectivity index (χ0v) is 5.87. The Balaban J connectivity index is 2.51. The molecule has 0 saturated carbocycles. The fraction of sp³-hybridized carbons (Fsp3) is 0.857. The van der Waals surface area contributed by atoms with Crippen LogP contribution < -0.4 is 5.32 Å². The maximum absolute atomic E-state index is 12.8. The van der Waals surface area contributed by atoms with Crippen molar-refractivity contribution in [1.29, 1.82) is 0 Å². The lowest BCUT2D eigenvalue weighted by molar-refractivity contribution is -0.0720. The highest BCUT2D eigenvalue weighted by Gasteiger charge is 2.39. The Hall–Kier alpha value is -0.180. The Morgan fingerprint density at radius 2 is 2.30 bits per heavy atom. The molecule has 1 fully saturated rings. The van der Waals surface area contributed by atoms with Crippen LogP contribution >= 0.6 is 0 Å². The molecule has 1 radical (unpaired) electrons. The van der Waals surface area contributed by atoms with Crippen LogP contribution in [0.3, 0.4) is 0 Å². The van der Waals surface area contributed by atoms with E-state index in [1.165, 1.54) is 0 Å². The summed E-state index contributed by atoms with van der Waals surface area (Å²) in [5, 5.41) is 2.66. The van der Waals surface area contributed by atoms with Crippen molar-refractivity contribution < 1.29 is 8.78 Å². The molecular formula is C7H12F2N. The molecular weight excluding hydrogens is 136 g/mol. The Labute approximate surface area is 59.8 Å². The normalized spacial score (nSPS) is 32.1. The standard InChI is InChI=1S/C7H12F2N/c1-2-6-3-4-10-5-7(6,8)9/h6,10H,1-5H2. The molecule has 0 aromatic rings. The molecule has 0 amide bonds. The minimum Gasteiger partial charge on any atom is -0.311 e. The summed E-state index contributed by atoms with van der Waals surface area (Å²) in [6, 6.07) is 0. The van der Waals surface area contributed by atoms with E-state index in [0.717, 1.165) is 0 Å². The highest BCUT2D eigenvalue weighted by Crippen LogP contribution is 2.31. The third-order valence-electron chi connectivity index (χ3n) is 1.98. The van der Waals surface area contributed by atoms with Crippen LogP contribution in [0.1, 0.15) is 12.8 Å². The van der Waals surface area contributed by atoms with E-state index in [9.17, 15) is 8.78 Å². The molecule has 59 valence electrons. The van der Waals surface area contributed by atoms with Crippen molar-refractivity contribution in [3.05, 3.63) is 6.92 Å². The predicted molar refractivity (Wildman–Crippen MR) is 35.9 cm³/mol. The van der Waals surface area contributed by atoms with Crippen molar-refractivity contribution in [3.8, 4) is 0 Å². The van der Waals surface area contributed by atoms with Crippen molar-refractivity contribution in [2.24, 2.45) is 5.92 Å². The Morgan fingerprint density at radius 1 is 1.60 bits per heavy atom. The maximum Gasteiger partial charge on any atom is 0.263 e. The first-order chi connectivity index (χ1) is 4.67. The summed E-state index contributed by atoms with van der Waals surface area (Å²) < 4.78 is 25.5. The van der Waals surface area contributed by atoms with E-state index in [4.69, 9.17) is 0 Å². The third kappa shape index (κ3) is 1.45. The molecule has 1 aliphatic heterocycles. The van der Waals surface area contributed by atoms with E-state index < -0.39 is 11.8 Å². The summed E-state index contributed by atoms with van der Waals surface area (Å²) in [6.45, 7) is 4.03. The lowest BCUT2D eigenvalue weighted by atomic mass is 9.92. The van der Waals surface area contributed by atoms with Crippen molar-refractivity contribution in [1.82, 2.24) is 5.32 Å². The van der Waals surface area contributed by atoms with Crippen LogP contribution in [0.15, 0.2) is 0 Å². The fourth-order valence-electron chi connectivity index (χ4n) is 1.24. The number of alkyl halides is 2. The van der Waals surface area contributed by atoms with Gasteiger partial charge in [-0.15, -0.1) is 0 Å².